The molecule has 2 rings (SSSR count). The summed E-state index contributed by atoms with van der Waals surface area (Å²) in [6.07, 6.45) is 1.16. The van der Waals surface area contributed by atoms with Crippen LogP contribution in [0.3, 0.4) is 0 Å². The number of benzene rings is 2. The number of nitrogens with one attached hydrogen (secondary N) is 1. The monoisotopic (exact) mass is 462 g/mol. The first-order valence-corrected chi connectivity index (χ1v) is 11.8. The fourth-order valence-corrected chi connectivity index (χ4v) is 3.91. The van der Waals surface area contributed by atoms with Gasteiger partial charge < -0.3 is 15.0 Å². The van der Waals surface area contributed by atoms with Crippen molar-refractivity contribution in [3.05, 3.63) is 59.1 Å². The Balaban J connectivity index is 2.09. The number of ether oxygens (including phenoxy) is 1. The van der Waals surface area contributed by atoms with Crippen molar-refractivity contribution in [2.45, 2.75) is 57.1 Å². The molecular formula is C24H31ClN2O3S. The average Bonchev–Trinajstić information content (AvgIpc) is 2.78. The fraction of sp³-hybridized carbons (Fsp3) is 0.417. The van der Waals surface area contributed by atoms with Crippen LogP contribution in [0.15, 0.2) is 53.4 Å². The normalized spacial score (nSPS) is 12.7. The van der Waals surface area contributed by atoms with Crippen molar-refractivity contribution in [2.24, 2.45) is 0 Å². The van der Waals surface area contributed by atoms with Crippen LogP contribution in [0.25, 0.3) is 0 Å². The minimum Gasteiger partial charge on any atom is -0.497 e. The maximum atomic E-state index is 13.1. The standard InChI is InChI=1S/C24H31ClN2O3S/c1-5-17(2)26-24(29)18(3)27(16-19-7-6-8-21(15-19)30-4)23(28)13-14-31-22-11-9-20(25)10-12-22/h6-12,15,17-18H,5,13-14,16H2,1-4H3,(H,26,29)/t17-,18+/m0/s1. The second-order valence-electron chi connectivity index (χ2n) is 7.42. The van der Waals surface area contributed by atoms with Crippen molar-refractivity contribution in [2.75, 3.05) is 12.9 Å². The third-order valence-corrected chi connectivity index (χ3v) is 6.32. The number of carbonyl (C=O) groups is 2. The number of hydrogen-bond donors (Lipinski definition) is 1. The smallest absolute Gasteiger partial charge is 0.242 e. The van der Waals surface area contributed by atoms with Crippen molar-refractivity contribution in [1.29, 1.82) is 0 Å². The zero-order chi connectivity index (χ0) is 22.8. The van der Waals surface area contributed by atoms with Gasteiger partial charge in [0.25, 0.3) is 0 Å². The number of methoxy groups -OCH3 is 1. The molecule has 168 valence electrons. The molecule has 0 bridgehead atoms. The van der Waals surface area contributed by atoms with E-state index in [1.54, 1.807) is 30.7 Å². The molecular weight excluding hydrogens is 432 g/mol. The van der Waals surface area contributed by atoms with Crippen LogP contribution in [-0.2, 0) is 16.1 Å². The van der Waals surface area contributed by atoms with E-state index < -0.39 is 6.04 Å². The molecule has 0 heterocycles. The van der Waals surface area contributed by atoms with Gasteiger partial charge in [-0.3, -0.25) is 9.59 Å². The maximum Gasteiger partial charge on any atom is 0.242 e. The van der Waals surface area contributed by atoms with E-state index in [0.717, 1.165) is 22.6 Å². The first kappa shape index (κ1) is 25.1. The van der Waals surface area contributed by atoms with E-state index in [0.29, 0.717) is 23.7 Å². The van der Waals surface area contributed by atoms with Gasteiger partial charge in [-0.15, -0.1) is 11.8 Å². The molecule has 31 heavy (non-hydrogen) atoms. The van der Waals surface area contributed by atoms with Crippen LogP contribution in [0.5, 0.6) is 5.75 Å². The lowest BCUT2D eigenvalue weighted by Crippen LogP contribution is -2.49. The van der Waals surface area contributed by atoms with E-state index in [4.69, 9.17) is 16.3 Å². The van der Waals surface area contributed by atoms with Crippen LogP contribution in [0.2, 0.25) is 5.02 Å². The van der Waals surface area contributed by atoms with Crippen LogP contribution < -0.4 is 10.1 Å². The lowest BCUT2D eigenvalue weighted by atomic mass is 10.1. The number of amides is 2. The summed E-state index contributed by atoms with van der Waals surface area (Å²) in [7, 11) is 1.61. The summed E-state index contributed by atoms with van der Waals surface area (Å²) in [6, 6.07) is 14.6. The molecule has 0 aliphatic carbocycles. The molecule has 2 aromatic rings. The van der Waals surface area contributed by atoms with Gasteiger partial charge in [-0.2, -0.15) is 0 Å². The van der Waals surface area contributed by atoms with Crippen LogP contribution in [0.4, 0.5) is 0 Å². The molecule has 0 spiro atoms. The summed E-state index contributed by atoms with van der Waals surface area (Å²) < 4.78 is 5.30. The Morgan fingerprint density at radius 2 is 1.87 bits per heavy atom. The molecule has 2 aromatic carbocycles. The minimum atomic E-state index is -0.576. The van der Waals surface area contributed by atoms with E-state index in [-0.39, 0.29) is 17.9 Å². The number of hydrogen-bond acceptors (Lipinski definition) is 4. The van der Waals surface area contributed by atoms with Crippen LogP contribution in [0, 0.1) is 0 Å². The number of rotatable bonds is 11. The Hall–Kier alpha value is -2.18. The Bertz CT molecular complexity index is 860. The van der Waals surface area contributed by atoms with E-state index in [1.807, 2.05) is 62.4 Å². The van der Waals surface area contributed by atoms with Gasteiger partial charge >= 0.3 is 0 Å². The highest BCUT2D eigenvalue weighted by Crippen LogP contribution is 2.22. The van der Waals surface area contributed by atoms with Crippen LogP contribution >= 0.6 is 23.4 Å². The quantitative estimate of drug-likeness (QED) is 0.468. The predicted octanol–water partition coefficient (Wildman–Crippen LogP) is 5.16. The van der Waals surface area contributed by atoms with Gasteiger partial charge in [-0.1, -0.05) is 30.7 Å². The van der Waals surface area contributed by atoms with Crippen molar-refractivity contribution in [1.82, 2.24) is 10.2 Å². The molecule has 0 radical (unpaired) electrons. The average molecular weight is 463 g/mol. The maximum absolute atomic E-state index is 13.1. The lowest BCUT2D eigenvalue weighted by Gasteiger charge is -2.30. The Labute approximate surface area is 194 Å². The third-order valence-electron chi connectivity index (χ3n) is 5.05. The third kappa shape index (κ3) is 8.11. The van der Waals surface area contributed by atoms with Gasteiger partial charge in [0.15, 0.2) is 0 Å². The molecule has 7 heteroatoms. The SMILES string of the molecule is CC[C@H](C)NC(=O)[C@@H](C)N(Cc1cccc(OC)c1)C(=O)CCSc1ccc(Cl)cc1. The summed E-state index contributed by atoms with van der Waals surface area (Å²) in [5, 5.41) is 3.67. The molecule has 2 amide bonds. The van der Waals surface area contributed by atoms with Gasteiger partial charge in [0.05, 0.1) is 7.11 Å². The highest BCUT2D eigenvalue weighted by atomic mass is 35.5. The Morgan fingerprint density at radius 1 is 1.16 bits per heavy atom. The number of thioether (sulfide) groups is 1. The molecule has 0 aliphatic rings. The second-order valence-corrected chi connectivity index (χ2v) is 9.02. The van der Waals surface area contributed by atoms with E-state index >= 15 is 0 Å². The molecule has 5 nitrogen and oxygen atoms in total. The first-order valence-electron chi connectivity index (χ1n) is 10.4. The van der Waals surface area contributed by atoms with Gasteiger partial charge in [-0.25, -0.2) is 0 Å². The van der Waals surface area contributed by atoms with Gasteiger partial charge in [-0.05, 0) is 62.2 Å². The zero-order valence-electron chi connectivity index (χ0n) is 18.6. The molecule has 0 unspecified atom stereocenters. The summed E-state index contributed by atoms with van der Waals surface area (Å²) in [6.45, 7) is 6.10. The van der Waals surface area contributed by atoms with Crippen molar-refractivity contribution < 1.29 is 14.3 Å². The van der Waals surface area contributed by atoms with Crippen molar-refractivity contribution in [3.8, 4) is 5.75 Å². The molecule has 1 N–H and O–H groups in total. The molecule has 0 aromatic heterocycles. The lowest BCUT2D eigenvalue weighted by molar-refractivity contribution is -0.140. The fourth-order valence-electron chi connectivity index (χ4n) is 2.95. The Morgan fingerprint density at radius 3 is 2.52 bits per heavy atom. The van der Waals surface area contributed by atoms with Crippen molar-refractivity contribution >= 4 is 35.2 Å². The van der Waals surface area contributed by atoms with Crippen LogP contribution in [-0.4, -0.2) is 41.7 Å². The zero-order valence-corrected chi connectivity index (χ0v) is 20.1. The first-order chi connectivity index (χ1) is 14.8. The minimum absolute atomic E-state index is 0.0592. The predicted molar refractivity (Wildman–Crippen MR) is 128 cm³/mol. The van der Waals surface area contributed by atoms with Gasteiger partial charge in [0.1, 0.15) is 11.8 Å². The highest BCUT2D eigenvalue weighted by Gasteiger charge is 2.26. The molecule has 0 fully saturated rings. The van der Waals surface area contributed by atoms with Gasteiger partial charge in [0.2, 0.25) is 11.8 Å². The van der Waals surface area contributed by atoms with Crippen LogP contribution in [0.1, 0.15) is 39.2 Å². The van der Waals surface area contributed by atoms with Gasteiger partial charge in [0, 0.05) is 34.7 Å². The molecule has 0 aliphatic heterocycles. The second kappa shape index (κ2) is 12.6. The van der Waals surface area contributed by atoms with E-state index in [1.165, 1.54) is 0 Å². The molecule has 0 saturated carbocycles. The summed E-state index contributed by atoms with van der Waals surface area (Å²) in [5.41, 5.74) is 0.918. The number of carbonyl (C=O) groups excluding carboxylic acids is 2. The Kier molecular flexibility index (Phi) is 10.2. The summed E-state index contributed by atoms with van der Waals surface area (Å²) >= 11 is 7.53. The largest absolute Gasteiger partial charge is 0.497 e. The molecule has 0 saturated heterocycles. The highest BCUT2D eigenvalue weighted by molar-refractivity contribution is 7.99. The number of halogens is 1. The summed E-state index contributed by atoms with van der Waals surface area (Å²) in [4.78, 5) is 28.6. The molecule has 2 atom stereocenters. The summed E-state index contributed by atoms with van der Waals surface area (Å²) in [5.74, 6) is 1.14. The van der Waals surface area contributed by atoms with E-state index in [9.17, 15) is 9.59 Å². The topological polar surface area (TPSA) is 58.6 Å². The van der Waals surface area contributed by atoms with E-state index in [2.05, 4.69) is 5.32 Å². The number of nitrogens with zero attached hydrogens (tertiary/aromatic N) is 1. The van der Waals surface area contributed by atoms with Crippen molar-refractivity contribution in [3.63, 3.8) is 0 Å².